The van der Waals surface area contributed by atoms with Crippen molar-refractivity contribution in [2.75, 3.05) is 20.2 Å². The van der Waals surface area contributed by atoms with Gasteiger partial charge in [0.25, 0.3) is 0 Å². The van der Waals surface area contributed by atoms with Crippen LogP contribution in [0.15, 0.2) is 0 Å². The first kappa shape index (κ1) is 8.53. The third-order valence-electron chi connectivity index (χ3n) is 2.68. The third kappa shape index (κ3) is 1.25. The van der Waals surface area contributed by atoms with E-state index in [2.05, 4.69) is 12.2 Å². The Morgan fingerprint density at radius 2 is 2.36 bits per heavy atom. The minimum absolute atomic E-state index is 0.102. The van der Waals surface area contributed by atoms with Crippen LogP contribution in [0.4, 0.5) is 0 Å². The third-order valence-corrected chi connectivity index (χ3v) is 2.68. The van der Waals surface area contributed by atoms with Crippen LogP contribution in [0.5, 0.6) is 0 Å². The SMILES string of the molecule is COC(=O)[C@@]1(C)CNC[C@@H]1C. The largest absolute Gasteiger partial charge is 0.469 e. The molecule has 1 N–H and O–H groups in total. The Balaban J connectivity index is 2.72. The molecule has 64 valence electrons. The highest BCUT2D eigenvalue weighted by atomic mass is 16.5. The van der Waals surface area contributed by atoms with Crippen LogP contribution < -0.4 is 5.32 Å². The van der Waals surface area contributed by atoms with Crippen molar-refractivity contribution in [2.24, 2.45) is 11.3 Å². The van der Waals surface area contributed by atoms with E-state index in [0.29, 0.717) is 5.92 Å². The maximum atomic E-state index is 11.3. The minimum atomic E-state index is -0.311. The Labute approximate surface area is 67.1 Å². The molecule has 1 fully saturated rings. The van der Waals surface area contributed by atoms with Crippen molar-refractivity contribution < 1.29 is 9.53 Å². The Morgan fingerprint density at radius 1 is 1.73 bits per heavy atom. The molecule has 0 bridgehead atoms. The number of carbonyl (C=O) groups excluding carboxylic acids is 1. The first-order valence-electron chi connectivity index (χ1n) is 3.90. The summed E-state index contributed by atoms with van der Waals surface area (Å²) < 4.78 is 4.73. The second kappa shape index (κ2) is 2.81. The van der Waals surface area contributed by atoms with Crippen molar-refractivity contribution in [3.63, 3.8) is 0 Å². The van der Waals surface area contributed by atoms with Gasteiger partial charge >= 0.3 is 5.97 Å². The van der Waals surface area contributed by atoms with Crippen molar-refractivity contribution >= 4 is 5.97 Å². The van der Waals surface area contributed by atoms with Gasteiger partial charge in [-0.2, -0.15) is 0 Å². The standard InChI is InChI=1S/C8H15NO2/c1-6-4-9-5-8(6,2)7(10)11-3/h6,9H,4-5H2,1-3H3/t6-,8-/m0/s1. The van der Waals surface area contributed by atoms with E-state index in [1.165, 1.54) is 7.11 Å². The normalized spacial score (nSPS) is 37.2. The second-order valence-corrected chi connectivity index (χ2v) is 3.44. The van der Waals surface area contributed by atoms with Crippen molar-refractivity contribution in [3.8, 4) is 0 Å². The maximum Gasteiger partial charge on any atom is 0.313 e. The highest BCUT2D eigenvalue weighted by molar-refractivity contribution is 5.77. The summed E-state index contributed by atoms with van der Waals surface area (Å²) in [7, 11) is 1.44. The summed E-state index contributed by atoms with van der Waals surface area (Å²) >= 11 is 0. The first-order chi connectivity index (χ1) is 5.11. The predicted molar refractivity (Wildman–Crippen MR) is 42.2 cm³/mol. The van der Waals surface area contributed by atoms with Gasteiger partial charge in [-0.15, -0.1) is 0 Å². The van der Waals surface area contributed by atoms with Gasteiger partial charge < -0.3 is 10.1 Å². The van der Waals surface area contributed by atoms with Crippen molar-refractivity contribution in [3.05, 3.63) is 0 Å². The molecule has 1 saturated heterocycles. The van der Waals surface area contributed by atoms with E-state index >= 15 is 0 Å². The molecule has 1 aliphatic heterocycles. The zero-order valence-electron chi connectivity index (χ0n) is 7.31. The summed E-state index contributed by atoms with van der Waals surface area (Å²) in [5.74, 6) is 0.268. The Kier molecular flexibility index (Phi) is 2.18. The van der Waals surface area contributed by atoms with Crippen LogP contribution >= 0.6 is 0 Å². The van der Waals surface area contributed by atoms with E-state index in [4.69, 9.17) is 4.74 Å². The summed E-state index contributed by atoms with van der Waals surface area (Å²) in [6, 6.07) is 0. The molecule has 0 aromatic heterocycles. The van der Waals surface area contributed by atoms with Crippen LogP contribution in [0.25, 0.3) is 0 Å². The molecular weight excluding hydrogens is 142 g/mol. The number of carbonyl (C=O) groups is 1. The van der Waals surface area contributed by atoms with Gasteiger partial charge in [-0.05, 0) is 19.4 Å². The van der Waals surface area contributed by atoms with E-state index in [0.717, 1.165) is 13.1 Å². The summed E-state index contributed by atoms with van der Waals surface area (Å²) in [6.45, 7) is 5.66. The molecule has 11 heavy (non-hydrogen) atoms. The zero-order chi connectivity index (χ0) is 8.48. The quantitative estimate of drug-likeness (QED) is 0.560. The summed E-state index contributed by atoms with van der Waals surface area (Å²) in [4.78, 5) is 11.3. The second-order valence-electron chi connectivity index (χ2n) is 3.44. The number of hydrogen-bond donors (Lipinski definition) is 1. The lowest BCUT2D eigenvalue weighted by molar-refractivity contribution is -0.152. The highest BCUT2D eigenvalue weighted by Crippen LogP contribution is 2.31. The topological polar surface area (TPSA) is 38.3 Å². The average Bonchev–Trinajstić information content (AvgIpc) is 2.32. The van der Waals surface area contributed by atoms with Gasteiger partial charge in [-0.25, -0.2) is 0 Å². The van der Waals surface area contributed by atoms with Gasteiger partial charge in [0.05, 0.1) is 12.5 Å². The van der Waals surface area contributed by atoms with Gasteiger partial charge in [0.2, 0.25) is 0 Å². The smallest absolute Gasteiger partial charge is 0.313 e. The van der Waals surface area contributed by atoms with Crippen LogP contribution in [0.1, 0.15) is 13.8 Å². The molecule has 3 heteroatoms. The molecule has 0 spiro atoms. The highest BCUT2D eigenvalue weighted by Gasteiger charge is 2.43. The number of hydrogen-bond acceptors (Lipinski definition) is 3. The first-order valence-corrected chi connectivity index (χ1v) is 3.90. The maximum absolute atomic E-state index is 11.3. The van der Waals surface area contributed by atoms with Crippen LogP contribution in [-0.4, -0.2) is 26.2 Å². The summed E-state index contributed by atoms with van der Waals surface area (Å²) in [5, 5.41) is 3.18. The number of esters is 1. The minimum Gasteiger partial charge on any atom is -0.469 e. The van der Waals surface area contributed by atoms with Crippen LogP contribution in [0.2, 0.25) is 0 Å². The Hall–Kier alpha value is -0.570. The molecule has 0 amide bonds. The van der Waals surface area contributed by atoms with Gasteiger partial charge in [-0.3, -0.25) is 4.79 Å². The summed E-state index contributed by atoms with van der Waals surface area (Å²) in [5.41, 5.74) is -0.311. The van der Waals surface area contributed by atoms with E-state index in [-0.39, 0.29) is 11.4 Å². The average molecular weight is 157 g/mol. The van der Waals surface area contributed by atoms with Gasteiger partial charge in [0.1, 0.15) is 0 Å². The molecule has 1 rings (SSSR count). The lowest BCUT2D eigenvalue weighted by Gasteiger charge is -2.24. The Bertz CT molecular complexity index is 169. The van der Waals surface area contributed by atoms with E-state index < -0.39 is 0 Å². The van der Waals surface area contributed by atoms with Crippen molar-refractivity contribution in [1.82, 2.24) is 5.32 Å². The van der Waals surface area contributed by atoms with Gasteiger partial charge in [0.15, 0.2) is 0 Å². The number of nitrogens with one attached hydrogen (secondary N) is 1. The molecule has 0 saturated carbocycles. The number of ether oxygens (including phenoxy) is 1. The van der Waals surface area contributed by atoms with Gasteiger partial charge in [0, 0.05) is 6.54 Å². The summed E-state index contributed by atoms with van der Waals surface area (Å²) in [6.07, 6.45) is 0. The molecule has 0 radical (unpaired) electrons. The van der Waals surface area contributed by atoms with Crippen LogP contribution in [-0.2, 0) is 9.53 Å². The lowest BCUT2D eigenvalue weighted by Crippen LogP contribution is -2.35. The Morgan fingerprint density at radius 3 is 2.73 bits per heavy atom. The molecular formula is C8H15NO2. The van der Waals surface area contributed by atoms with Crippen LogP contribution in [0, 0.1) is 11.3 Å². The molecule has 2 atom stereocenters. The fourth-order valence-corrected chi connectivity index (χ4v) is 1.45. The molecule has 0 aromatic carbocycles. The molecule has 3 nitrogen and oxygen atoms in total. The van der Waals surface area contributed by atoms with E-state index in [1.807, 2.05) is 6.92 Å². The van der Waals surface area contributed by atoms with Crippen molar-refractivity contribution in [2.45, 2.75) is 13.8 Å². The fourth-order valence-electron chi connectivity index (χ4n) is 1.45. The monoisotopic (exact) mass is 157 g/mol. The zero-order valence-corrected chi connectivity index (χ0v) is 7.31. The number of methoxy groups -OCH3 is 1. The molecule has 1 aliphatic rings. The fraction of sp³-hybridized carbons (Fsp3) is 0.875. The lowest BCUT2D eigenvalue weighted by atomic mass is 9.81. The van der Waals surface area contributed by atoms with E-state index in [1.54, 1.807) is 0 Å². The molecule has 0 aliphatic carbocycles. The predicted octanol–water partition coefficient (Wildman–Crippen LogP) is 0.405. The molecule has 1 heterocycles. The molecule has 0 aromatic rings. The van der Waals surface area contributed by atoms with Crippen LogP contribution in [0.3, 0.4) is 0 Å². The van der Waals surface area contributed by atoms with Crippen molar-refractivity contribution in [1.29, 1.82) is 0 Å². The molecule has 0 unspecified atom stereocenters. The van der Waals surface area contributed by atoms with E-state index in [9.17, 15) is 4.79 Å². The van der Waals surface area contributed by atoms with Gasteiger partial charge in [-0.1, -0.05) is 6.92 Å². The number of rotatable bonds is 1.